The standard InChI is InChI=1S/C19H13N3O3S/c23-17-16(9-12-10-20-15-7-2-1-6-14(12)15)26-19(22-17)21-13-5-3-4-11(8-13)18(24)25/h1-10,20H,(H,24,25)(H,21,22,23). The highest BCUT2D eigenvalue weighted by atomic mass is 32.2. The molecule has 0 spiro atoms. The Kier molecular flexibility index (Phi) is 4.06. The van der Waals surface area contributed by atoms with Crippen LogP contribution >= 0.6 is 11.8 Å². The molecule has 0 unspecified atom stereocenters. The Hall–Kier alpha value is -3.32. The first-order valence-corrected chi connectivity index (χ1v) is 8.61. The van der Waals surface area contributed by atoms with Gasteiger partial charge in [0.1, 0.15) is 0 Å². The molecule has 0 saturated carbocycles. The molecule has 6 nitrogen and oxygen atoms in total. The summed E-state index contributed by atoms with van der Waals surface area (Å²) in [5.41, 5.74) is 2.65. The number of nitrogens with one attached hydrogen (secondary N) is 2. The summed E-state index contributed by atoms with van der Waals surface area (Å²) in [6.07, 6.45) is 3.66. The van der Waals surface area contributed by atoms with Crippen LogP contribution in [0.25, 0.3) is 17.0 Å². The molecular weight excluding hydrogens is 350 g/mol. The number of anilines is 1. The Morgan fingerprint density at radius 2 is 2.04 bits per heavy atom. The number of carboxylic acids is 1. The molecule has 0 fully saturated rings. The fourth-order valence-electron chi connectivity index (χ4n) is 2.67. The molecule has 7 heteroatoms. The summed E-state index contributed by atoms with van der Waals surface area (Å²) in [4.78, 5) is 30.9. The topological polar surface area (TPSA) is 94.6 Å². The molecule has 1 amide bonds. The summed E-state index contributed by atoms with van der Waals surface area (Å²) < 4.78 is 0. The van der Waals surface area contributed by atoms with Gasteiger partial charge in [0.25, 0.3) is 5.91 Å². The number of thioether (sulfide) groups is 1. The lowest BCUT2D eigenvalue weighted by atomic mass is 10.1. The van der Waals surface area contributed by atoms with E-state index in [0.29, 0.717) is 15.8 Å². The molecule has 0 aliphatic carbocycles. The zero-order valence-electron chi connectivity index (χ0n) is 13.4. The smallest absolute Gasteiger partial charge is 0.335 e. The summed E-state index contributed by atoms with van der Waals surface area (Å²) in [5, 5.41) is 13.5. The van der Waals surface area contributed by atoms with Crippen molar-refractivity contribution in [3.05, 3.63) is 70.8 Å². The molecule has 1 aliphatic heterocycles. The molecule has 128 valence electrons. The number of aliphatic imine (C=N–C) groups is 1. The van der Waals surface area contributed by atoms with Crippen LogP contribution in [0.15, 0.2) is 64.6 Å². The lowest BCUT2D eigenvalue weighted by Crippen LogP contribution is -2.06. The number of hydrogen-bond donors (Lipinski definition) is 3. The van der Waals surface area contributed by atoms with Crippen molar-refractivity contribution >= 4 is 51.5 Å². The van der Waals surface area contributed by atoms with Gasteiger partial charge in [0, 0.05) is 28.4 Å². The van der Waals surface area contributed by atoms with Gasteiger partial charge in [0.05, 0.1) is 10.5 Å². The Labute approximate surface area is 152 Å². The summed E-state index contributed by atoms with van der Waals surface area (Å²) in [6, 6.07) is 14.2. The number of amides is 1. The number of aromatic carboxylic acids is 1. The van der Waals surface area contributed by atoms with Crippen LogP contribution in [-0.4, -0.2) is 27.1 Å². The predicted molar refractivity (Wildman–Crippen MR) is 103 cm³/mol. The summed E-state index contributed by atoms with van der Waals surface area (Å²) in [6.45, 7) is 0. The third kappa shape index (κ3) is 3.12. The zero-order chi connectivity index (χ0) is 18.1. The van der Waals surface area contributed by atoms with Crippen molar-refractivity contribution in [3.8, 4) is 0 Å². The lowest BCUT2D eigenvalue weighted by Gasteiger charge is -2.05. The monoisotopic (exact) mass is 363 g/mol. The van der Waals surface area contributed by atoms with Gasteiger partial charge in [-0.25, -0.2) is 4.79 Å². The highest BCUT2D eigenvalue weighted by molar-refractivity contribution is 8.18. The van der Waals surface area contributed by atoms with Crippen molar-refractivity contribution in [2.24, 2.45) is 4.99 Å². The minimum atomic E-state index is -1.01. The third-order valence-corrected chi connectivity index (χ3v) is 4.79. The number of hydrogen-bond acceptors (Lipinski definition) is 4. The average molecular weight is 363 g/mol. The number of aromatic amines is 1. The molecule has 0 atom stereocenters. The first-order chi connectivity index (χ1) is 12.6. The van der Waals surface area contributed by atoms with E-state index in [1.807, 2.05) is 30.5 Å². The van der Waals surface area contributed by atoms with Crippen molar-refractivity contribution < 1.29 is 14.7 Å². The van der Waals surface area contributed by atoms with Crippen molar-refractivity contribution in [3.63, 3.8) is 0 Å². The molecule has 0 bridgehead atoms. The van der Waals surface area contributed by atoms with Crippen LogP contribution < -0.4 is 5.32 Å². The second-order valence-corrected chi connectivity index (χ2v) is 6.66. The minimum absolute atomic E-state index is 0.166. The Morgan fingerprint density at radius 3 is 2.88 bits per heavy atom. The number of carbonyl (C=O) groups is 2. The second-order valence-electron chi connectivity index (χ2n) is 5.63. The van der Waals surface area contributed by atoms with E-state index in [0.717, 1.165) is 16.5 Å². The van der Waals surface area contributed by atoms with E-state index < -0.39 is 5.97 Å². The second kappa shape index (κ2) is 6.53. The van der Waals surface area contributed by atoms with Crippen molar-refractivity contribution in [2.75, 3.05) is 5.32 Å². The Bertz CT molecular complexity index is 1100. The molecule has 3 N–H and O–H groups in total. The Balaban J connectivity index is 1.55. The van der Waals surface area contributed by atoms with Crippen LogP contribution in [0, 0.1) is 0 Å². The minimum Gasteiger partial charge on any atom is -0.478 e. The van der Waals surface area contributed by atoms with Gasteiger partial charge in [0.15, 0.2) is 5.17 Å². The van der Waals surface area contributed by atoms with Gasteiger partial charge in [-0.2, -0.15) is 4.99 Å². The summed E-state index contributed by atoms with van der Waals surface area (Å²) >= 11 is 1.22. The molecule has 1 aromatic heterocycles. The third-order valence-electron chi connectivity index (χ3n) is 3.89. The van der Waals surface area contributed by atoms with Crippen LogP contribution in [0.4, 0.5) is 5.69 Å². The van der Waals surface area contributed by atoms with Crippen LogP contribution in [0.1, 0.15) is 15.9 Å². The SMILES string of the molecule is O=C1N=C(Nc2cccc(C(=O)O)c2)SC1=Cc1c[nH]c2ccccc12. The number of fused-ring (bicyclic) bond motifs is 1. The van der Waals surface area contributed by atoms with Crippen LogP contribution in [-0.2, 0) is 4.79 Å². The largest absolute Gasteiger partial charge is 0.478 e. The zero-order valence-corrected chi connectivity index (χ0v) is 14.2. The van der Waals surface area contributed by atoms with Gasteiger partial charge in [-0.05, 0) is 42.1 Å². The molecule has 0 saturated heterocycles. The number of benzene rings is 2. The number of para-hydroxylation sites is 1. The summed E-state index contributed by atoms with van der Waals surface area (Å²) in [7, 11) is 0. The first-order valence-electron chi connectivity index (χ1n) is 7.79. The van der Waals surface area contributed by atoms with E-state index in [1.165, 1.54) is 23.9 Å². The number of H-pyrrole nitrogens is 1. The highest BCUT2D eigenvalue weighted by Gasteiger charge is 2.22. The van der Waals surface area contributed by atoms with Crippen molar-refractivity contribution in [1.82, 2.24) is 4.98 Å². The van der Waals surface area contributed by atoms with Gasteiger partial charge in [-0.15, -0.1) is 0 Å². The Morgan fingerprint density at radius 1 is 1.19 bits per heavy atom. The van der Waals surface area contributed by atoms with Crippen molar-refractivity contribution in [1.29, 1.82) is 0 Å². The van der Waals surface area contributed by atoms with Gasteiger partial charge in [0.2, 0.25) is 0 Å². The van der Waals surface area contributed by atoms with E-state index in [9.17, 15) is 9.59 Å². The maximum Gasteiger partial charge on any atom is 0.335 e. The summed E-state index contributed by atoms with van der Waals surface area (Å²) in [5.74, 6) is -1.33. The maximum atomic E-state index is 12.2. The molecule has 3 aromatic rings. The van der Waals surface area contributed by atoms with E-state index >= 15 is 0 Å². The van der Waals surface area contributed by atoms with Crippen molar-refractivity contribution in [2.45, 2.75) is 0 Å². The fourth-order valence-corrected chi connectivity index (χ4v) is 3.50. The van der Waals surface area contributed by atoms with Crippen LogP contribution in [0.2, 0.25) is 0 Å². The number of carbonyl (C=O) groups excluding carboxylic acids is 1. The quantitative estimate of drug-likeness (QED) is 0.613. The molecule has 2 heterocycles. The van der Waals surface area contributed by atoms with Crippen LogP contribution in [0.5, 0.6) is 0 Å². The van der Waals surface area contributed by atoms with Gasteiger partial charge in [-0.1, -0.05) is 24.3 Å². The lowest BCUT2D eigenvalue weighted by molar-refractivity contribution is -0.113. The molecule has 1 aliphatic rings. The predicted octanol–water partition coefficient (Wildman–Crippen LogP) is 3.95. The number of carboxylic acid groups (broad SMARTS) is 1. The number of amidine groups is 1. The van der Waals surface area contributed by atoms with E-state index in [4.69, 9.17) is 5.11 Å². The van der Waals surface area contributed by atoms with Gasteiger partial charge in [-0.3, -0.25) is 4.79 Å². The maximum absolute atomic E-state index is 12.2. The van der Waals surface area contributed by atoms with E-state index in [1.54, 1.807) is 18.2 Å². The first kappa shape index (κ1) is 16.2. The molecular formula is C19H13N3O3S. The molecule has 4 rings (SSSR count). The normalized spacial score (nSPS) is 15.5. The van der Waals surface area contributed by atoms with Gasteiger partial charge >= 0.3 is 5.97 Å². The molecule has 0 radical (unpaired) electrons. The van der Waals surface area contributed by atoms with Gasteiger partial charge < -0.3 is 15.4 Å². The number of aromatic nitrogens is 1. The highest BCUT2D eigenvalue weighted by Crippen LogP contribution is 2.31. The number of nitrogens with zero attached hydrogens (tertiary/aromatic N) is 1. The van der Waals surface area contributed by atoms with Crippen LogP contribution in [0.3, 0.4) is 0 Å². The average Bonchev–Trinajstić information content (AvgIpc) is 3.19. The van der Waals surface area contributed by atoms with E-state index in [-0.39, 0.29) is 11.5 Å². The molecule has 2 aromatic carbocycles. The fraction of sp³-hybridized carbons (Fsp3) is 0. The van der Waals surface area contributed by atoms with E-state index in [2.05, 4.69) is 15.3 Å². The number of rotatable bonds is 3. The molecule has 26 heavy (non-hydrogen) atoms.